The van der Waals surface area contributed by atoms with Gasteiger partial charge in [-0.25, -0.2) is 0 Å². The summed E-state index contributed by atoms with van der Waals surface area (Å²) < 4.78 is 11.7. The van der Waals surface area contributed by atoms with Gasteiger partial charge in [0.1, 0.15) is 12.4 Å². The number of hydrogen-bond donors (Lipinski definition) is 2. The summed E-state index contributed by atoms with van der Waals surface area (Å²) in [5.74, 6) is 0.312. The Morgan fingerprint density at radius 3 is 2.65 bits per heavy atom. The van der Waals surface area contributed by atoms with Crippen LogP contribution in [0.2, 0.25) is 0 Å². The van der Waals surface area contributed by atoms with E-state index in [9.17, 15) is 9.59 Å². The number of carbonyl (C=O) groups excluding carboxylic acids is 2. The highest BCUT2D eigenvalue weighted by atomic mass is 16.5. The van der Waals surface area contributed by atoms with Crippen molar-refractivity contribution in [2.45, 2.75) is 26.0 Å². The Labute approximate surface area is 183 Å². The van der Waals surface area contributed by atoms with E-state index in [1.54, 1.807) is 49.4 Å². The molecule has 2 aromatic rings. The maximum atomic E-state index is 13.1. The second-order valence-corrected chi connectivity index (χ2v) is 8.09. The average Bonchev–Trinajstić information content (AvgIpc) is 2.79. The van der Waals surface area contributed by atoms with E-state index in [0.29, 0.717) is 35.7 Å². The molecule has 7 heteroatoms. The Morgan fingerprint density at radius 2 is 1.94 bits per heavy atom. The predicted octanol–water partition coefficient (Wildman–Crippen LogP) is 3.03. The van der Waals surface area contributed by atoms with Gasteiger partial charge in [-0.15, -0.1) is 0 Å². The van der Waals surface area contributed by atoms with Crippen molar-refractivity contribution in [1.29, 1.82) is 0 Å². The molecule has 1 heterocycles. The van der Waals surface area contributed by atoms with Crippen molar-refractivity contribution in [3.63, 3.8) is 0 Å². The molecule has 7 nitrogen and oxygen atoms in total. The van der Waals surface area contributed by atoms with E-state index in [0.717, 1.165) is 6.54 Å². The molecular weight excluding hydrogens is 394 g/mol. The van der Waals surface area contributed by atoms with E-state index in [1.807, 2.05) is 25.1 Å². The fourth-order valence-electron chi connectivity index (χ4n) is 3.53. The maximum Gasteiger partial charge on any atom is 0.257 e. The monoisotopic (exact) mass is 425 g/mol. The molecule has 0 saturated carbocycles. The van der Waals surface area contributed by atoms with Crippen molar-refractivity contribution >= 4 is 17.5 Å². The summed E-state index contributed by atoms with van der Waals surface area (Å²) in [4.78, 5) is 27.3. The van der Waals surface area contributed by atoms with Gasteiger partial charge in [-0.05, 0) is 37.1 Å². The summed E-state index contributed by atoms with van der Waals surface area (Å²) in [7, 11) is 3.44. The van der Waals surface area contributed by atoms with Crippen LogP contribution >= 0.6 is 0 Å². The summed E-state index contributed by atoms with van der Waals surface area (Å²) >= 11 is 0. The third kappa shape index (κ3) is 5.83. The summed E-state index contributed by atoms with van der Waals surface area (Å²) in [5.41, 5.74) is 1.58. The molecule has 2 aromatic carbocycles. The first-order valence-electron chi connectivity index (χ1n) is 10.5. The largest absolute Gasteiger partial charge is 0.491 e. The molecule has 0 aromatic heterocycles. The van der Waals surface area contributed by atoms with Gasteiger partial charge in [-0.2, -0.15) is 0 Å². The second kappa shape index (κ2) is 10.4. The van der Waals surface area contributed by atoms with E-state index in [-0.39, 0.29) is 29.9 Å². The first-order chi connectivity index (χ1) is 14.9. The van der Waals surface area contributed by atoms with Gasteiger partial charge in [-0.1, -0.05) is 25.1 Å². The van der Waals surface area contributed by atoms with Crippen molar-refractivity contribution in [1.82, 2.24) is 10.2 Å². The minimum atomic E-state index is -0.218. The van der Waals surface area contributed by atoms with Crippen LogP contribution in [0.5, 0.6) is 5.75 Å². The Balaban J connectivity index is 1.87. The first-order valence-corrected chi connectivity index (χ1v) is 10.5. The van der Waals surface area contributed by atoms with Gasteiger partial charge < -0.3 is 25.0 Å². The lowest BCUT2D eigenvalue weighted by Crippen LogP contribution is -2.44. The molecule has 0 fully saturated rings. The molecule has 0 unspecified atom stereocenters. The smallest absolute Gasteiger partial charge is 0.257 e. The van der Waals surface area contributed by atoms with Gasteiger partial charge in [0.15, 0.2) is 0 Å². The van der Waals surface area contributed by atoms with E-state index >= 15 is 0 Å². The third-order valence-corrected chi connectivity index (χ3v) is 5.52. The number of nitrogens with one attached hydrogen (secondary N) is 2. The fraction of sp³-hybridized carbons (Fsp3) is 0.417. The first kappa shape index (κ1) is 22.8. The molecule has 0 saturated heterocycles. The van der Waals surface area contributed by atoms with Crippen LogP contribution in [0.15, 0.2) is 48.5 Å². The normalized spacial score (nSPS) is 22.5. The summed E-state index contributed by atoms with van der Waals surface area (Å²) in [6.07, 6.45) is -0.0816. The zero-order chi connectivity index (χ0) is 22.4. The molecule has 3 rings (SSSR count). The quantitative estimate of drug-likeness (QED) is 0.790. The van der Waals surface area contributed by atoms with Crippen LogP contribution in [0.4, 0.5) is 5.69 Å². The number of ether oxygens (including phenoxy) is 2. The molecule has 0 aliphatic carbocycles. The molecule has 1 aliphatic heterocycles. The number of benzene rings is 2. The molecule has 2 N–H and O–H groups in total. The van der Waals surface area contributed by atoms with Gasteiger partial charge in [0.05, 0.1) is 11.7 Å². The highest BCUT2D eigenvalue weighted by molar-refractivity contribution is 6.05. The average molecular weight is 426 g/mol. The van der Waals surface area contributed by atoms with Gasteiger partial charge in [-0.3, -0.25) is 9.59 Å². The van der Waals surface area contributed by atoms with Gasteiger partial charge in [0.25, 0.3) is 11.8 Å². The second-order valence-electron chi connectivity index (χ2n) is 8.09. The molecular formula is C24H31N3O4. The lowest BCUT2D eigenvalue weighted by molar-refractivity contribution is 0.0281. The van der Waals surface area contributed by atoms with Crippen LogP contribution in [0, 0.1) is 5.92 Å². The van der Waals surface area contributed by atoms with Crippen molar-refractivity contribution in [3.05, 3.63) is 59.7 Å². The number of nitrogens with zero attached hydrogens (tertiary/aromatic N) is 1. The minimum Gasteiger partial charge on any atom is -0.491 e. The van der Waals surface area contributed by atoms with Gasteiger partial charge in [0.2, 0.25) is 0 Å². The van der Waals surface area contributed by atoms with E-state index in [1.165, 1.54) is 0 Å². The van der Waals surface area contributed by atoms with Gasteiger partial charge in [0, 0.05) is 50.6 Å². The Bertz CT molecular complexity index is 903. The fourth-order valence-corrected chi connectivity index (χ4v) is 3.53. The molecule has 3 atom stereocenters. The van der Waals surface area contributed by atoms with Crippen molar-refractivity contribution in [2.24, 2.45) is 5.92 Å². The number of likely N-dealkylation sites (N-methyl/N-ethyl adjacent to an activating group) is 1. The number of rotatable bonds is 3. The summed E-state index contributed by atoms with van der Waals surface area (Å²) in [6, 6.07) is 14.2. The van der Waals surface area contributed by atoms with Crippen LogP contribution < -0.4 is 15.4 Å². The summed E-state index contributed by atoms with van der Waals surface area (Å²) in [6.45, 7) is 5.76. The van der Waals surface area contributed by atoms with Crippen LogP contribution in [0.25, 0.3) is 0 Å². The van der Waals surface area contributed by atoms with E-state index < -0.39 is 0 Å². The topological polar surface area (TPSA) is 79.9 Å². The number of amides is 2. The minimum absolute atomic E-state index is 0.0816. The molecule has 0 radical (unpaired) electrons. The Morgan fingerprint density at radius 1 is 1.19 bits per heavy atom. The highest BCUT2D eigenvalue weighted by Crippen LogP contribution is 2.26. The number of hydrogen-bond acceptors (Lipinski definition) is 5. The highest BCUT2D eigenvalue weighted by Gasteiger charge is 2.25. The summed E-state index contributed by atoms with van der Waals surface area (Å²) in [5, 5.41) is 6.34. The molecule has 1 aliphatic rings. The Kier molecular flexibility index (Phi) is 7.65. The lowest BCUT2D eigenvalue weighted by atomic mass is 10.0. The SMILES string of the molecule is CO[C@H]1CN(C)C(=O)c2ccc(NC(=O)c3ccccc3)cc2OC[C@@H](C)NC[C@@H]1C. The van der Waals surface area contributed by atoms with Crippen LogP contribution in [-0.4, -0.2) is 62.7 Å². The van der Waals surface area contributed by atoms with Crippen LogP contribution in [-0.2, 0) is 4.74 Å². The van der Waals surface area contributed by atoms with E-state index in [4.69, 9.17) is 9.47 Å². The van der Waals surface area contributed by atoms with Gasteiger partial charge >= 0.3 is 0 Å². The van der Waals surface area contributed by atoms with Crippen molar-refractivity contribution < 1.29 is 19.1 Å². The lowest BCUT2D eigenvalue weighted by Gasteiger charge is -2.30. The molecule has 166 valence electrons. The number of carbonyl (C=O) groups is 2. The number of fused-ring (bicyclic) bond motifs is 1. The van der Waals surface area contributed by atoms with Crippen molar-refractivity contribution in [3.8, 4) is 5.75 Å². The zero-order valence-electron chi connectivity index (χ0n) is 18.6. The van der Waals surface area contributed by atoms with Crippen molar-refractivity contribution in [2.75, 3.05) is 39.2 Å². The molecule has 0 bridgehead atoms. The molecule has 31 heavy (non-hydrogen) atoms. The van der Waals surface area contributed by atoms with Crippen LogP contribution in [0.3, 0.4) is 0 Å². The molecule has 2 amide bonds. The standard InChI is InChI=1S/C24H31N3O4/c1-16-13-25-17(2)15-31-21-12-19(26-23(28)18-8-6-5-7-9-18)10-11-20(21)24(29)27(3)14-22(16)30-4/h5-12,16-17,22,25H,13-15H2,1-4H3,(H,26,28)/t16-,17+,22-/m0/s1. The number of anilines is 1. The molecule has 0 spiro atoms. The maximum absolute atomic E-state index is 13.1. The Hall–Kier alpha value is -2.90. The van der Waals surface area contributed by atoms with E-state index in [2.05, 4.69) is 17.6 Å². The number of methoxy groups -OCH3 is 1. The predicted molar refractivity (Wildman–Crippen MR) is 121 cm³/mol. The van der Waals surface area contributed by atoms with Crippen LogP contribution in [0.1, 0.15) is 34.6 Å². The zero-order valence-corrected chi connectivity index (χ0v) is 18.6. The third-order valence-electron chi connectivity index (χ3n) is 5.52.